The number of carbonyl (C=O) groups excluding carboxylic acids is 2. The van der Waals surface area contributed by atoms with Crippen LogP contribution in [0.3, 0.4) is 0 Å². The van der Waals surface area contributed by atoms with Gasteiger partial charge in [0.25, 0.3) is 11.8 Å². The molecule has 3 rings (SSSR count). The zero-order chi connectivity index (χ0) is 17.4. The zero-order valence-electron chi connectivity index (χ0n) is 12.8. The molecule has 2 heterocycles. The SMILES string of the molecule is CN1C(=O)/C(=C2\SC(=S)N(CCCC(=O)O)C2=O)c2ccccc21. The number of hydrogen-bond acceptors (Lipinski definition) is 5. The van der Waals surface area contributed by atoms with Crippen molar-refractivity contribution in [1.82, 2.24) is 4.90 Å². The molecule has 8 heteroatoms. The Morgan fingerprint density at radius 2 is 1.96 bits per heavy atom. The van der Waals surface area contributed by atoms with E-state index < -0.39 is 5.97 Å². The van der Waals surface area contributed by atoms with E-state index in [2.05, 4.69) is 0 Å². The standard InChI is InChI=1S/C16H14N2O4S2/c1-17-10-6-3-2-5-9(10)12(14(17)21)13-15(22)18(16(23)24-13)8-4-7-11(19)20/h2-3,5-6H,4,7-8H2,1H3,(H,19,20)/b13-12-. The summed E-state index contributed by atoms with van der Waals surface area (Å²) in [4.78, 5) is 39.1. The molecule has 2 amide bonds. The summed E-state index contributed by atoms with van der Waals surface area (Å²) >= 11 is 6.34. The van der Waals surface area contributed by atoms with Crippen LogP contribution in [0, 0.1) is 0 Å². The monoisotopic (exact) mass is 362 g/mol. The zero-order valence-corrected chi connectivity index (χ0v) is 14.4. The highest BCUT2D eigenvalue weighted by Crippen LogP contribution is 2.43. The quantitative estimate of drug-likeness (QED) is 0.653. The van der Waals surface area contributed by atoms with Gasteiger partial charge in [0.15, 0.2) is 0 Å². The number of thioether (sulfide) groups is 1. The van der Waals surface area contributed by atoms with Gasteiger partial charge in [0.2, 0.25) is 0 Å². The Hall–Kier alpha value is -2.19. The van der Waals surface area contributed by atoms with E-state index in [9.17, 15) is 14.4 Å². The summed E-state index contributed by atoms with van der Waals surface area (Å²) in [6, 6.07) is 7.29. The number of carbonyl (C=O) groups is 3. The van der Waals surface area contributed by atoms with E-state index in [1.807, 2.05) is 24.3 Å². The molecule has 0 bridgehead atoms. The molecule has 124 valence electrons. The van der Waals surface area contributed by atoms with Crippen molar-refractivity contribution in [2.75, 3.05) is 18.5 Å². The molecule has 2 aliphatic rings. The summed E-state index contributed by atoms with van der Waals surface area (Å²) in [5.41, 5.74) is 1.84. The van der Waals surface area contributed by atoms with Gasteiger partial charge in [0.1, 0.15) is 4.32 Å². The molecule has 1 N–H and O–H groups in total. The van der Waals surface area contributed by atoms with E-state index in [-0.39, 0.29) is 24.8 Å². The summed E-state index contributed by atoms with van der Waals surface area (Å²) in [5, 5.41) is 8.72. The van der Waals surface area contributed by atoms with Gasteiger partial charge in [-0.3, -0.25) is 19.3 Å². The van der Waals surface area contributed by atoms with Crippen molar-refractivity contribution in [3.8, 4) is 0 Å². The van der Waals surface area contributed by atoms with Crippen LogP contribution >= 0.6 is 24.0 Å². The number of rotatable bonds is 4. The first-order chi connectivity index (χ1) is 11.4. The molecule has 1 aromatic carbocycles. The number of likely N-dealkylation sites (N-methyl/N-ethyl adjacent to an activating group) is 1. The lowest BCUT2D eigenvalue weighted by Gasteiger charge is -2.13. The van der Waals surface area contributed by atoms with Crippen LogP contribution in [0.5, 0.6) is 0 Å². The molecular formula is C16H14N2O4S2. The second-order valence-electron chi connectivity index (χ2n) is 5.41. The van der Waals surface area contributed by atoms with Crippen molar-refractivity contribution in [2.24, 2.45) is 0 Å². The molecule has 1 aromatic rings. The maximum atomic E-state index is 12.7. The summed E-state index contributed by atoms with van der Waals surface area (Å²) in [5.74, 6) is -1.48. The highest BCUT2D eigenvalue weighted by atomic mass is 32.2. The minimum atomic E-state index is -0.916. The molecule has 24 heavy (non-hydrogen) atoms. The van der Waals surface area contributed by atoms with Gasteiger partial charge in [-0.25, -0.2) is 0 Å². The van der Waals surface area contributed by atoms with Gasteiger partial charge in [-0.2, -0.15) is 0 Å². The number of aliphatic carboxylic acids is 1. The first kappa shape index (κ1) is 16.7. The number of fused-ring (bicyclic) bond motifs is 1. The third-order valence-corrected chi connectivity index (χ3v) is 5.35. The number of carboxylic acid groups (broad SMARTS) is 1. The Balaban J connectivity index is 1.94. The maximum Gasteiger partial charge on any atom is 0.303 e. The summed E-state index contributed by atoms with van der Waals surface area (Å²) in [6.07, 6.45) is 0.280. The molecule has 0 spiro atoms. The van der Waals surface area contributed by atoms with E-state index in [4.69, 9.17) is 17.3 Å². The number of nitrogens with zero attached hydrogens (tertiary/aromatic N) is 2. The Kier molecular flexibility index (Phi) is 4.42. The smallest absolute Gasteiger partial charge is 0.303 e. The molecule has 0 atom stereocenters. The topological polar surface area (TPSA) is 77.9 Å². The number of para-hydroxylation sites is 1. The minimum Gasteiger partial charge on any atom is -0.481 e. The number of hydrogen-bond donors (Lipinski definition) is 1. The molecule has 0 unspecified atom stereocenters. The average Bonchev–Trinajstić information content (AvgIpc) is 2.96. The third-order valence-electron chi connectivity index (χ3n) is 3.90. The molecule has 1 fully saturated rings. The van der Waals surface area contributed by atoms with Gasteiger partial charge in [0.05, 0.1) is 16.2 Å². The molecule has 0 radical (unpaired) electrons. The molecular weight excluding hydrogens is 348 g/mol. The molecule has 2 aliphatic heterocycles. The predicted molar refractivity (Wildman–Crippen MR) is 95.5 cm³/mol. The fraction of sp³-hybridized carbons (Fsp3) is 0.250. The lowest BCUT2D eigenvalue weighted by Crippen LogP contribution is -2.30. The van der Waals surface area contributed by atoms with Gasteiger partial charge in [0, 0.05) is 25.6 Å². The summed E-state index contributed by atoms with van der Waals surface area (Å²) in [6.45, 7) is 0.236. The Morgan fingerprint density at radius 1 is 1.25 bits per heavy atom. The van der Waals surface area contributed by atoms with Crippen LogP contribution in [0.4, 0.5) is 5.69 Å². The fourth-order valence-electron chi connectivity index (χ4n) is 2.72. The van der Waals surface area contributed by atoms with E-state index in [0.29, 0.717) is 21.2 Å². The molecule has 0 saturated carbocycles. The highest BCUT2D eigenvalue weighted by molar-refractivity contribution is 8.26. The largest absolute Gasteiger partial charge is 0.481 e. The van der Waals surface area contributed by atoms with Crippen LogP contribution < -0.4 is 4.90 Å². The fourth-order valence-corrected chi connectivity index (χ4v) is 4.10. The lowest BCUT2D eigenvalue weighted by atomic mass is 10.1. The molecule has 6 nitrogen and oxygen atoms in total. The van der Waals surface area contributed by atoms with Gasteiger partial charge < -0.3 is 10.0 Å². The summed E-state index contributed by atoms with van der Waals surface area (Å²) in [7, 11) is 1.67. The number of thiocarbonyl (C=S) groups is 1. The third kappa shape index (κ3) is 2.71. The van der Waals surface area contributed by atoms with Gasteiger partial charge in [-0.1, -0.05) is 42.2 Å². The first-order valence-electron chi connectivity index (χ1n) is 7.29. The maximum absolute atomic E-state index is 12.7. The van der Waals surface area contributed by atoms with Crippen LogP contribution in [0.15, 0.2) is 29.2 Å². The van der Waals surface area contributed by atoms with Crippen LogP contribution in [-0.2, 0) is 14.4 Å². The number of anilines is 1. The number of carboxylic acids is 1. The van der Waals surface area contributed by atoms with Gasteiger partial charge >= 0.3 is 5.97 Å². The van der Waals surface area contributed by atoms with Crippen molar-refractivity contribution < 1.29 is 19.5 Å². The van der Waals surface area contributed by atoms with E-state index in [0.717, 1.165) is 23.0 Å². The Morgan fingerprint density at radius 3 is 2.67 bits per heavy atom. The predicted octanol–water partition coefficient (Wildman–Crippen LogP) is 2.10. The van der Waals surface area contributed by atoms with Crippen molar-refractivity contribution >= 4 is 57.3 Å². The average molecular weight is 362 g/mol. The second-order valence-corrected chi connectivity index (χ2v) is 7.05. The normalized spacial score (nSPS) is 20.1. The van der Waals surface area contributed by atoms with Crippen LogP contribution in [-0.4, -0.2) is 45.7 Å². The van der Waals surface area contributed by atoms with Crippen LogP contribution in [0.25, 0.3) is 5.57 Å². The van der Waals surface area contributed by atoms with Crippen molar-refractivity contribution in [1.29, 1.82) is 0 Å². The number of benzene rings is 1. The summed E-state index contributed by atoms with van der Waals surface area (Å²) < 4.78 is 0.354. The van der Waals surface area contributed by atoms with Gasteiger partial charge in [-0.15, -0.1) is 0 Å². The van der Waals surface area contributed by atoms with Crippen LogP contribution in [0.1, 0.15) is 18.4 Å². The Bertz CT molecular complexity index is 803. The lowest BCUT2D eigenvalue weighted by molar-refractivity contribution is -0.137. The highest BCUT2D eigenvalue weighted by Gasteiger charge is 2.40. The first-order valence-corrected chi connectivity index (χ1v) is 8.51. The van der Waals surface area contributed by atoms with E-state index in [1.54, 1.807) is 7.05 Å². The Labute approximate surface area is 148 Å². The van der Waals surface area contributed by atoms with Crippen molar-refractivity contribution in [2.45, 2.75) is 12.8 Å². The minimum absolute atomic E-state index is 0.0343. The second kappa shape index (κ2) is 6.37. The molecule has 0 aliphatic carbocycles. The van der Waals surface area contributed by atoms with Crippen LogP contribution in [0.2, 0.25) is 0 Å². The van der Waals surface area contributed by atoms with Gasteiger partial charge in [-0.05, 0) is 12.5 Å². The number of amides is 2. The molecule has 1 saturated heterocycles. The van der Waals surface area contributed by atoms with E-state index >= 15 is 0 Å². The van der Waals surface area contributed by atoms with Crippen molar-refractivity contribution in [3.63, 3.8) is 0 Å². The molecule has 0 aromatic heterocycles. The van der Waals surface area contributed by atoms with Crippen molar-refractivity contribution in [3.05, 3.63) is 34.7 Å². The van der Waals surface area contributed by atoms with E-state index in [1.165, 1.54) is 9.80 Å².